The first-order valence-electron chi connectivity index (χ1n) is 10.4. The molecule has 0 radical (unpaired) electrons. The summed E-state index contributed by atoms with van der Waals surface area (Å²) in [6, 6.07) is 24.0. The second-order valence-electron chi connectivity index (χ2n) is 7.73. The van der Waals surface area contributed by atoms with Crippen molar-refractivity contribution in [2.75, 3.05) is 0 Å². The summed E-state index contributed by atoms with van der Waals surface area (Å²) >= 11 is 0. The summed E-state index contributed by atoms with van der Waals surface area (Å²) in [5.41, 5.74) is 5.77. The molecule has 1 atom stereocenters. The summed E-state index contributed by atoms with van der Waals surface area (Å²) in [5.74, 6) is 0.614. The maximum absolute atomic E-state index is 12.8. The molecule has 3 aromatic carbocycles. The van der Waals surface area contributed by atoms with Crippen LogP contribution >= 0.6 is 0 Å². The van der Waals surface area contributed by atoms with Crippen molar-refractivity contribution in [2.45, 2.75) is 45.3 Å². The molecule has 0 heterocycles. The highest BCUT2D eigenvalue weighted by atomic mass is 16.5. The number of fused-ring (bicyclic) bond motifs is 1. The first-order valence-corrected chi connectivity index (χ1v) is 10.4. The Morgan fingerprint density at radius 2 is 1.72 bits per heavy atom. The lowest BCUT2D eigenvalue weighted by Crippen LogP contribution is -2.26. The molecule has 0 aliphatic heterocycles. The van der Waals surface area contributed by atoms with Gasteiger partial charge in [0.25, 0.3) is 5.91 Å². The molecule has 0 saturated carbocycles. The third kappa shape index (κ3) is 4.86. The van der Waals surface area contributed by atoms with Crippen LogP contribution in [0.2, 0.25) is 0 Å². The molecule has 1 aliphatic rings. The summed E-state index contributed by atoms with van der Waals surface area (Å²) in [7, 11) is 0. The predicted octanol–water partition coefficient (Wildman–Crippen LogP) is 5.64. The Balaban J connectivity index is 1.40. The molecule has 4 rings (SSSR count). The lowest BCUT2D eigenvalue weighted by Gasteiger charge is -2.20. The van der Waals surface area contributed by atoms with Crippen LogP contribution in [0.3, 0.4) is 0 Å². The van der Waals surface area contributed by atoms with Crippen LogP contribution in [0, 0.1) is 0 Å². The zero-order valence-corrected chi connectivity index (χ0v) is 16.9. The Hall–Kier alpha value is -3.07. The van der Waals surface area contributed by atoms with Crippen molar-refractivity contribution in [2.24, 2.45) is 0 Å². The van der Waals surface area contributed by atoms with E-state index in [-0.39, 0.29) is 11.9 Å². The van der Waals surface area contributed by atoms with Gasteiger partial charge in [-0.15, -0.1) is 0 Å². The van der Waals surface area contributed by atoms with Gasteiger partial charge in [-0.25, -0.2) is 0 Å². The van der Waals surface area contributed by atoms with E-state index in [9.17, 15) is 4.79 Å². The number of ether oxygens (including phenoxy) is 1. The smallest absolute Gasteiger partial charge is 0.251 e. The summed E-state index contributed by atoms with van der Waals surface area (Å²) < 4.78 is 5.85. The van der Waals surface area contributed by atoms with Crippen LogP contribution in [-0.2, 0) is 19.4 Å². The molecular formula is C26H27NO2. The zero-order valence-electron chi connectivity index (χ0n) is 16.9. The molecule has 0 fully saturated rings. The minimum Gasteiger partial charge on any atom is -0.489 e. The van der Waals surface area contributed by atoms with Crippen LogP contribution in [0.5, 0.6) is 5.75 Å². The van der Waals surface area contributed by atoms with E-state index in [1.165, 1.54) is 30.4 Å². The average molecular weight is 386 g/mol. The molecule has 0 saturated heterocycles. The van der Waals surface area contributed by atoms with Gasteiger partial charge in [-0.1, -0.05) is 54.6 Å². The van der Waals surface area contributed by atoms with Crippen molar-refractivity contribution >= 4 is 5.91 Å². The van der Waals surface area contributed by atoms with Crippen molar-refractivity contribution in [3.05, 3.63) is 101 Å². The molecule has 1 amide bonds. The number of aryl methyl sites for hydroxylation is 2. The summed E-state index contributed by atoms with van der Waals surface area (Å²) in [5, 5.41) is 3.13. The van der Waals surface area contributed by atoms with Gasteiger partial charge in [0.2, 0.25) is 0 Å². The fourth-order valence-electron chi connectivity index (χ4n) is 3.85. The minimum atomic E-state index is -0.0830. The number of carbonyl (C=O) groups is 1. The molecule has 3 heteroatoms. The number of benzene rings is 3. The fraction of sp³-hybridized carbons (Fsp3) is 0.269. The number of nitrogens with one attached hydrogen (secondary N) is 1. The minimum absolute atomic E-state index is 0.0383. The Kier molecular flexibility index (Phi) is 5.95. The van der Waals surface area contributed by atoms with E-state index in [4.69, 9.17) is 4.74 Å². The quantitative estimate of drug-likeness (QED) is 0.597. The normalized spacial score (nSPS) is 14.0. The Bertz CT molecular complexity index is 981. The maximum Gasteiger partial charge on any atom is 0.251 e. The number of hydrogen-bond acceptors (Lipinski definition) is 2. The van der Waals surface area contributed by atoms with Crippen LogP contribution < -0.4 is 10.1 Å². The second kappa shape index (κ2) is 8.95. The van der Waals surface area contributed by atoms with E-state index in [1.807, 2.05) is 55.5 Å². The van der Waals surface area contributed by atoms with Gasteiger partial charge in [0, 0.05) is 5.56 Å². The molecule has 3 nitrogen and oxygen atoms in total. The summed E-state index contributed by atoms with van der Waals surface area (Å²) in [6.45, 7) is 2.52. The van der Waals surface area contributed by atoms with Crippen LogP contribution in [0.1, 0.15) is 58.4 Å². The SMILES string of the molecule is CC(NC(=O)c1cccc(OCc2ccccc2)c1)c1ccc2c(c1)CCCC2. The highest BCUT2D eigenvalue weighted by molar-refractivity contribution is 5.94. The molecule has 3 aromatic rings. The van der Waals surface area contributed by atoms with Crippen LogP contribution in [0.15, 0.2) is 72.8 Å². The third-order valence-electron chi connectivity index (χ3n) is 5.56. The first kappa shape index (κ1) is 19.3. The maximum atomic E-state index is 12.8. The largest absolute Gasteiger partial charge is 0.489 e. The van der Waals surface area contributed by atoms with E-state index in [2.05, 4.69) is 23.5 Å². The van der Waals surface area contributed by atoms with Gasteiger partial charge >= 0.3 is 0 Å². The lowest BCUT2D eigenvalue weighted by molar-refractivity contribution is 0.0939. The summed E-state index contributed by atoms with van der Waals surface area (Å²) in [6.07, 6.45) is 4.85. The summed E-state index contributed by atoms with van der Waals surface area (Å²) in [4.78, 5) is 12.8. The van der Waals surface area contributed by atoms with E-state index in [0.717, 1.165) is 17.5 Å². The van der Waals surface area contributed by atoms with Gasteiger partial charge in [-0.3, -0.25) is 4.79 Å². The van der Waals surface area contributed by atoms with Gasteiger partial charge in [0.1, 0.15) is 12.4 Å². The molecule has 1 unspecified atom stereocenters. The molecule has 1 aliphatic carbocycles. The molecule has 29 heavy (non-hydrogen) atoms. The topological polar surface area (TPSA) is 38.3 Å². The molecule has 148 valence electrons. The standard InChI is InChI=1S/C26H27NO2/c1-19(22-15-14-21-10-5-6-11-23(21)16-22)27-26(28)24-12-7-13-25(17-24)29-18-20-8-3-2-4-9-20/h2-4,7-9,12-17,19H,5-6,10-11,18H2,1H3,(H,27,28). The van der Waals surface area contributed by atoms with Gasteiger partial charge in [-0.2, -0.15) is 0 Å². The van der Waals surface area contributed by atoms with Crippen molar-refractivity contribution < 1.29 is 9.53 Å². The first-order chi connectivity index (χ1) is 14.2. The van der Waals surface area contributed by atoms with Crippen molar-refractivity contribution in [1.29, 1.82) is 0 Å². The van der Waals surface area contributed by atoms with Gasteiger partial charge in [-0.05, 0) is 73.1 Å². The monoisotopic (exact) mass is 385 g/mol. The highest BCUT2D eigenvalue weighted by Crippen LogP contribution is 2.25. The van der Waals surface area contributed by atoms with E-state index < -0.39 is 0 Å². The molecule has 1 N–H and O–H groups in total. The lowest BCUT2D eigenvalue weighted by atomic mass is 9.89. The van der Waals surface area contributed by atoms with Gasteiger partial charge in [0.05, 0.1) is 6.04 Å². The molecular weight excluding hydrogens is 358 g/mol. The van der Waals surface area contributed by atoms with Crippen LogP contribution in [0.4, 0.5) is 0 Å². The number of rotatable bonds is 6. The fourth-order valence-corrected chi connectivity index (χ4v) is 3.85. The number of hydrogen-bond donors (Lipinski definition) is 1. The third-order valence-corrected chi connectivity index (χ3v) is 5.56. The van der Waals surface area contributed by atoms with Gasteiger partial charge < -0.3 is 10.1 Å². The molecule has 0 aromatic heterocycles. The van der Waals surface area contributed by atoms with Crippen LogP contribution in [0.25, 0.3) is 0 Å². The predicted molar refractivity (Wildman–Crippen MR) is 116 cm³/mol. The average Bonchev–Trinajstić information content (AvgIpc) is 2.78. The number of amides is 1. The molecule has 0 spiro atoms. The van der Waals surface area contributed by atoms with Crippen molar-refractivity contribution in [3.63, 3.8) is 0 Å². The van der Waals surface area contributed by atoms with Crippen LogP contribution in [-0.4, -0.2) is 5.91 Å². The zero-order chi connectivity index (χ0) is 20.1. The number of carbonyl (C=O) groups excluding carboxylic acids is 1. The highest BCUT2D eigenvalue weighted by Gasteiger charge is 2.15. The van der Waals surface area contributed by atoms with Crippen molar-refractivity contribution in [3.8, 4) is 5.75 Å². The van der Waals surface area contributed by atoms with E-state index >= 15 is 0 Å². The Morgan fingerprint density at radius 3 is 2.55 bits per heavy atom. The molecule has 0 bridgehead atoms. The second-order valence-corrected chi connectivity index (χ2v) is 7.73. The Labute approximate surface area is 172 Å². The van der Waals surface area contributed by atoms with Crippen molar-refractivity contribution in [1.82, 2.24) is 5.32 Å². The van der Waals surface area contributed by atoms with Gasteiger partial charge in [0.15, 0.2) is 0 Å². The Morgan fingerprint density at radius 1 is 0.931 bits per heavy atom. The van der Waals surface area contributed by atoms with E-state index in [0.29, 0.717) is 17.9 Å². The van der Waals surface area contributed by atoms with E-state index in [1.54, 1.807) is 6.07 Å².